The van der Waals surface area contributed by atoms with Gasteiger partial charge in [0.2, 0.25) is 11.8 Å². The van der Waals surface area contributed by atoms with E-state index in [0.717, 1.165) is 22.4 Å². The van der Waals surface area contributed by atoms with Gasteiger partial charge in [0.1, 0.15) is 18.2 Å². The van der Waals surface area contributed by atoms with Crippen LogP contribution in [0.4, 0.5) is 5.69 Å². The normalized spacial score (nSPS) is 25.8. The van der Waals surface area contributed by atoms with Crippen LogP contribution in [0.1, 0.15) is 54.8 Å². The number of likely N-dealkylation sites (tertiary alicyclic amines) is 1. The number of ether oxygens (including phenoxy) is 2. The molecule has 3 amide bonds. The summed E-state index contributed by atoms with van der Waals surface area (Å²) in [5.74, 6) is -3.25. The maximum atomic E-state index is 14.9. The number of fused-ring (bicyclic) bond motifs is 1. The quantitative estimate of drug-likeness (QED) is 0.111. The first-order valence-electron chi connectivity index (χ1n) is 16.9. The first-order valence-corrected chi connectivity index (χ1v) is 17.8. The van der Waals surface area contributed by atoms with Crippen molar-refractivity contribution in [1.29, 1.82) is 0 Å². The molecular formula is C38H46BrN3O7. The number of carbonyl (C=O) groups is 4. The molecule has 7 atom stereocenters. The van der Waals surface area contributed by atoms with Crippen molar-refractivity contribution in [3.63, 3.8) is 0 Å². The lowest BCUT2D eigenvalue weighted by atomic mass is 9.70. The molecule has 0 aliphatic carbocycles. The molecule has 10 nitrogen and oxygen atoms in total. The van der Waals surface area contributed by atoms with Crippen molar-refractivity contribution in [2.45, 2.75) is 74.6 Å². The number of nitrogens with zero attached hydrogens (tertiary/aromatic N) is 2. The number of alkyl halides is 1. The van der Waals surface area contributed by atoms with Crippen molar-refractivity contribution in [1.82, 2.24) is 10.2 Å². The van der Waals surface area contributed by atoms with Crippen LogP contribution < -0.4 is 10.2 Å². The third-order valence-electron chi connectivity index (χ3n) is 9.85. The number of carbonyl (C=O) groups excluding carboxylic acids is 4. The van der Waals surface area contributed by atoms with Gasteiger partial charge in [0, 0.05) is 36.6 Å². The minimum Gasteiger partial charge on any atom is -0.463 e. The lowest BCUT2D eigenvalue weighted by molar-refractivity contribution is -0.145. The topological polar surface area (TPSA) is 125 Å². The van der Waals surface area contributed by atoms with Crippen LogP contribution in [-0.2, 0) is 28.7 Å². The second-order valence-corrected chi connectivity index (χ2v) is 14.3. The molecule has 3 aliphatic heterocycles. The van der Waals surface area contributed by atoms with Crippen molar-refractivity contribution in [3.8, 4) is 0 Å². The molecule has 0 saturated carbocycles. The van der Waals surface area contributed by atoms with Gasteiger partial charge in [-0.3, -0.25) is 19.2 Å². The first kappa shape index (κ1) is 36.5. The molecule has 2 aromatic rings. The van der Waals surface area contributed by atoms with E-state index >= 15 is 0 Å². The Morgan fingerprint density at radius 2 is 1.92 bits per heavy atom. The fraction of sp³-hybridized carbons (Fsp3) is 0.474. The summed E-state index contributed by atoms with van der Waals surface area (Å²) >= 11 is 3.75. The third kappa shape index (κ3) is 7.25. The number of esters is 1. The van der Waals surface area contributed by atoms with Crippen LogP contribution >= 0.6 is 15.9 Å². The number of aryl methyl sites for hydroxylation is 2. The molecule has 3 aliphatic rings. The zero-order chi connectivity index (χ0) is 35.3. The van der Waals surface area contributed by atoms with Crippen molar-refractivity contribution >= 4 is 45.3 Å². The number of hydrogen-bond donors (Lipinski definition) is 2. The van der Waals surface area contributed by atoms with Gasteiger partial charge in [-0.15, -0.1) is 13.2 Å². The number of halogens is 1. The lowest BCUT2D eigenvalue weighted by Crippen LogP contribution is -2.57. The molecule has 5 rings (SSSR count). The molecule has 1 unspecified atom stereocenters. The third-order valence-corrected chi connectivity index (χ3v) is 10.7. The fourth-order valence-corrected chi connectivity index (χ4v) is 8.52. The highest BCUT2D eigenvalue weighted by atomic mass is 79.9. The summed E-state index contributed by atoms with van der Waals surface area (Å²) in [5.41, 5.74) is 2.08. The predicted octanol–water partition coefficient (Wildman–Crippen LogP) is 4.71. The van der Waals surface area contributed by atoms with Crippen molar-refractivity contribution in [2.75, 3.05) is 31.2 Å². The summed E-state index contributed by atoms with van der Waals surface area (Å²) in [6.07, 6.45) is 4.58. The summed E-state index contributed by atoms with van der Waals surface area (Å²) in [5, 5.41) is 12.6. The lowest BCUT2D eigenvalue weighted by Gasteiger charge is -2.37. The molecule has 49 heavy (non-hydrogen) atoms. The molecule has 3 heterocycles. The summed E-state index contributed by atoms with van der Waals surface area (Å²) in [6.45, 7) is 11.8. The van der Waals surface area contributed by atoms with Crippen LogP contribution in [-0.4, -0.2) is 82.6 Å². The molecular weight excluding hydrogens is 690 g/mol. The van der Waals surface area contributed by atoms with E-state index in [1.165, 1.54) is 0 Å². The fourth-order valence-electron chi connectivity index (χ4n) is 7.58. The van der Waals surface area contributed by atoms with E-state index in [4.69, 9.17) is 9.47 Å². The molecule has 262 valence electrons. The Kier molecular flexibility index (Phi) is 11.8. The number of aliphatic hydroxyl groups is 1. The monoisotopic (exact) mass is 735 g/mol. The van der Waals surface area contributed by atoms with E-state index in [1.807, 2.05) is 62.4 Å². The van der Waals surface area contributed by atoms with E-state index < -0.39 is 47.5 Å². The van der Waals surface area contributed by atoms with Crippen LogP contribution in [0.5, 0.6) is 0 Å². The molecule has 1 spiro atoms. The van der Waals surface area contributed by atoms with Crippen molar-refractivity contribution in [3.05, 3.63) is 90.5 Å². The highest BCUT2D eigenvalue weighted by Crippen LogP contribution is 2.60. The number of hydrogen-bond acceptors (Lipinski definition) is 7. The molecule has 3 saturated heterocycles. The predicted molar refractivity (Wildman–Crippen MR) is 190 cm³/mol. The number of allylic oxidation sites excluding steroid dienone is 1. The second-order valence-electron chi connectivity index (χ2n) is 13.1. The molecule has 0 aromatic heterocycles. The minimum absolute atomic E-state index is 0.0492. The Labute approximate surface area is 296 Å². The van der Waals surface area contributed by atoms with E-state index in [1.54, 1.807) is 22.0 Å². The Morgan fingerprint density at radius 1 is 1.16 bits per heavy atom. The number of amides is 3. The van der Waals surface area contributed by atoms with Gasteiger partial charge >= 0.3 is 5.97 Å². The molecule has 0 radical (unpaired) electrons. The second kappa shape index (κ2) is 15.8. The Balaban J connectivity index is 1.49. The maximum absolute atomic E-state index is 14.9. The van der Waals surface area contributed by atoms with Crippen LogP contribution in [0, 0.1) is 25.7 Å². The largest absolute Gasteiger partial charge is 0.463 e. The van der Waals surface area contributed by atoms with E-state index in [9.17, 15) is 24.3 Å². The van der Waals surface area contributed by atoms with Crippen LogP contribution in [0.25, 0.3) is 0 Å². The molecule has 11 heteroatoms. The van der Waals surface area contributed by atoms with E-state index in [-0.39, 0.29) is 49.4 Å². The Hall–Kier alpha value is -3.80. The highest BCUT2D eigenvalue weighted by molar-refractivity contribution is 9.09. The summed E-state index contributed by atoms with van der Waals surface area (Å²) in [4.78, 5) is 59.1. The number of benzene rings is 2. The zero-order valence-corrected chi connectivity index (χ0v) is 29.8. The summed E-state index contributed by atoms with van der Waals surface area (Å²) in [7, 11) is 0. The highest BCUT2D eigenvalue weighted by Gasteiger charge is 2.76. The first-order chi connectivity index (χ1) is 23.6. The average molecular weight is 737 g/mol. The number of aliphatic hydroxyl groups excluding tert-OH is 1. The van der Waals surface area contributed by atoms with Gasteiger partial charge in [-0.1, -0.05) is 70.5 Å². The Bertz CT molecular complexity index is 1570. The number of rotatable bonds is 16. The SMILES string of the molecule is C=CCCC(=O)OC[C@@H](NC(=O)[C@@H]1[C@H]2O[C@@]3(CC2Br)[C@H](C(=O)N(CC=C)c2cc(C)ccc2C)N(CCCCO)C(=O)[C@@H]13)c1ccccc1. The summed E-state index contributed by atoms with van der Waals surface area (Å²) in [6, 6.07) is 13.4. The Morgan fingerprint density at radius 3 is 2.61 bits per heavy atom. The van der Waals surface area contributed by atoms with Gasteiger partial charge < -0.3 is 29.7 Å². The van der Waals surface area contributed by atoms with Gasteiger partial charge in [0.05, 0.1) is 24.0 Å². The maximum Gasteiger partial charge on any atom is 0.306 e. The minimum atomic E-state index is -1.26. The van der Waals surface area contributed by atoms with Gasteiger partial charge in [0.25, 0.3) is 5.91 Å². The van der Waals surface area contributed by atoms with Crippen molar-refractivity contribution < 1.29 is 33.8 Å². The van der Waals surface area contributed by atoms with E-state index in [0.29, 0.717) is 25.7 Å². The van der Waals surface area contributed by atoms with Gasteiger partial charge in [-0.2, -0.15) is 0 Å². The van der Waals surface area contributed by atoms with E-state index in [2.05, 4.69) is 34.4 Å². The number of unbranched alkanes of at least 4 members (excludes halogenated alkanes) is 1. The standard InChI is InChI=1S/C38H46BrN3O7/c1-5-7-15-30(44)48-23-28(26-13-9-8-10-14-26)40-35(45)31-32-36(46)42(19-11-12-20-43)34(38(32)22-27(39)33(31)49-38)37(47)41(18-6-2)29-21-24(3)16-17-25(29)4/h5-6,8-10,13-14,16-17,21,27-28,31-34,43H,1-2,7,11-12,15,18-20,22-23H2,3-4H3,(H,40,45)/t27?,28-,31+,32-,33+,34+,38-/m1/s1. The van der Waals surface area contributed by atoms with Crippen LogP contribution in [0.2, 0.25) is 0 Å². The summed E-state index contributed by atoms with van der Waals surface area (Å²) < 4.78 is 12.3. The van der Waals surface area contributed by atoms with Gasteiger partial charge in [-0.05, 0) is 62.3 Å². The number of nitrogens with one attached hydrogen (secondary N) is 1. The molecule has 2 aromatic carbocycles. The zero-order valence-electron chi connectivity index (χ0n) is 28.2. The van der Waals surface area contributed by atoms with Crippen molar-refractivity contribution in [2.24, 2.45) is 11.8 Å². The van der Waals surface area contributed by atoms with Gasteiger partial charge in [0.15, 0.2) is 0 Å². The number of anilines is 1. The average Bonchev–Trinajstić information content (AvgIpc) is 3.69. The smallest absolute Gasteiger partial charge is 0.306 e. The van der Waals surface area contributed by atoms with Crippen LogP contribution in [0.15, 0.2) is 73.8 Å². The molecule has 3 fully saturated rings. The van der Waals surface area contributed by atoms with Gasteiger partial charge in [-0.25, -0.2) is 0 Å². The molecule has 2 N–H and O–H groups in total. The van der Waals surface area contributed by atoms with Crippen LogP contribution in [0.3, 0.4) is 0 Å². The molecule has 2 bridgehead atoms.